The summed E-state index contributed by atoms with van der Waals surface area (Å²) in [6, 6.07) is 0.119. The van der Waals surface area contributed by atoms with Crippen molar-refractivity contribution >= 4 is 11.8 Å². The molecule has 0 aromatic heterocycles. The highest BCUT2D eigenvalue weighted by molar-refractivity contribution is 5.94. The van der Waals surface area contributed by atoms with Gasteiger partial charge >= 0.3 is 6.18 Å². The number of rotatable bonds is 5. The number of benzene rings is 1. The molecule has 8 nitrogen and oxygen atoms in total. The van der Waals surface area contributed by atoms with Crippen molar-refractivity contribution in [2.24, 2.45) is 5.73 Å². The van der Waals surface area contributed by atoms with Crippen LogP contribution in [0.4, 0.5) is 26.3 Å². The Morgan fingerprint density at radius 1 is 1.00 bits per heavy atom. The highest BCUT2D eigenvalue weighted by Gasteiger charge is 2.61. The van der Waals surface area contributed by atoms with Gasteiger partial charge in [0.2, 0.25) is 11.6 Å². The molecule has 0 spiro atoms. The van der Waals surface area contributed by atoms with Gasteiger partial charge < -0.3 is 30.7 Å². The number of piperazine rings is 2. The SMILES string of the molecule is CN1CCN(C(=O)C2=C3CN(C(=O)CC(N)Cc4cc(F)c(F)cc4F)CCN3C(C)(C(F)(F)F)N2)CC1. The number of nitrogens with two attached hydrogens (primary N) is 1. The van der Waals surface area contributed by atoms with Gasteiger partial charge in [-0.15, -0.1) is 0 Å². The lowest BCUT2D eigenvalue weighted by molar-refractivity contribution is -0.226. The molecule has 3 N–H and O–H groups in total. The lowest BCUT2D eigenvalue weighted by Crippen LogP contribution is -2.64. The number of nitrogens with one attached hydrogen (secondary N) is 1. The third-order valence-electron chi connectivity index (χ3n) is 7.37. The standard InChI is InChI=1S/C24H30F6N6O2/c1-23(24(28,29)30)32-21(22(38)34-5-3-33(2)4-6-34)19-13-35(7-8-36(19)23)20(37)11-15(31)9-14-10-17(26)18(27)12-16(14)25/h10,12,15,32H,3-9,11,13,31H2,1-2H3. The molecule has 0 aliphatic carbocycles. The van der Waals surface area contributed by atoms with Gasteiger partial charge in [0, 0.05) is 57.8 Å². The highest BCUT2D eigenvalue weighted by Crippen LogP contribution is 2.42. The molecule has 2 atom stereocenters. The first-order valence-electron chi connectivity index (χ1n) is 12.2. The van der Waals surface area contributed by atoms with Crippen molar-refractivity contribution in [1.82, 2.24) is 24.9 Å². The Bertz CT molecular complexity index is 1140. The molecule has 0 bridgehead atoms. The van der Waals surface area contributed by atoms with E-state index in [9.17, 15) is 35.9 Å². The lowest BCUT2D eigenvalue weighted by atomic mass is 10.0. The van der Waals surface area contributed by atoms with Gasteiger partial charge in [0.1, 0.15) is 11.5 Å². The molecule has 210 valence electrons. The molecular formula is C24H30F6N6O2. The first kappa shape index (κ1) is 28.0. The van der Waals surface area contributed by atoms with Crippen molar-refractivity contribution in [2.75, 3.05) is 52.9 Å². The Morgan fingerprint density at radius 3 is 2.24 bits per heavy atom. The fourth-order valence-electron chi connectivity index (χ4n) is 5.00. The second-order valence-corrected chi connectivity index (χ2v) is 10.1. The molecule has 0 radical (unpaired) electrons. The van der Waals surface area contributed by atoms with Crippen LogP contribution in [0.15, 0.2) is 23.5 Å². The van der Waals surface area contributed by atoms with Crippen molar-refractivity contribution < 1.29 is 35.9 Å². The van der Waals surface area contributed by atoms with Gasteiger partial charge in [-0.1, -0.05) is 0 Å². The average molecular weight is 549 g/mol. The number of hydrogen-bond donors (Lipinski definition) is 2. The van der Waals surface area contributed by atoms with E-state index >= 15 is 0 Å². The molecule has 4 rings (SSSR count). The van der Waals surface area contributed by atoms with E-state index in [-0.39, 0.29) is 49.4 Å². The summed E-state index contributed by atoms with van der Waals surface area (Å²) in [4.78, 5) is 32.2. The highest BCUT2D eigenvalue weighted by atomic mass is 19.4. The van der Waals surface area contributed by atoms with Gasteiger partial charge in [-0.2, -0.15) is 13.2 Å². The fourth-order valence-corrected chi connectivity index (χ4v) is 5.00. The van der Waals surface area contributed by atoms with Crippen LogP contribution < -0.4 is 11.1 Å². The quantitative estimate of drug-likeness (QED) is 0.428. The number of alkyl halides is 3. The summed E-state index contributed by atoms with van der Waals surface area (Å²) in [6.07, 6.45) is -5.28. The van der Waals surface area contributed by atoms with Crippen LogP contribution in [-0.2, 0) is 16.0 Å². The fraction of sp³-hybridized carbons (Fsp3) is 0.583. The number of carbonyl (C=O) groups excluding carboxylic acids is 2. The van der Waals surface area contributed by atoms with Crippen LogP contribution in [0.25, 0.3) is 0 Å². The molecule has 2 amide bonds. The summed E-state index contributed by atoms with van der Waals surface area (Å²) in [5, 5.41) is 2.41. The number of halogens is 6. The van der Waals surface area contributed by atoms with Crippen molar-refractivity contribution in [3.8, 4) is 0 Å². The maximum Gasteiger partial charge on any atom is 0.430 e. The van der Waals surface area contributed by atoms with E-state index in [1.54, 1.807) is 0 Å². The van der Waals surface area contributed by atoms with E-state index in [1.807, 2.05) is 11.9 Å². The van der Waals surface area contributed by atoms with Crippen LogP contribution in [0.2, 0.25) is 0 Å². The Balaban J connectivity index is 1.51. The maximum atomic E-state index is 14.1. The second-order valence-electron chi connectivity index (χ2n) is 10.1. The molecule has 1 aromatic rings. The van der Waals surface area contributed by atoms with Gasteiger partial charge in [0.15, 0.2) is 11.6 Å². The van der Waals surface area contributed by atoms with Crippen molar-refractivity contribution in [1.29, 1.82) is 0 Å². The van der Waals surface area contributed by atoms with E-state index in [2.05, 4.69) is 5.32 Å². The van der Waals surface area contributed by atoms with Crippen LogP contribution >= 0.6 is 0 Å². The Labute approximate surface area is 216 Å². The number of carbonyl (C=O) groups is 2. The summed E-state index contributed by atoms with van der Waals surface area (Å²) in [5.41, 5.74) is 3.14. The minimum absolute atomic E-state index is 0.0576. The number of likely N-dealkylation sites (N-methyl/N-ethyl adjacent to an activating group) is 1. The van der Waals surface area contributed by atoms with E-state index in [0.29, 0.717) is 38.3 Å². The summed E-state index contributed by atoms with van der Waals surface area (Å²) >= 11 is 0. The van der Waals surface area contributed by atoms with Crippen molar-refractivity contribution in [3.63, 3.8) is 0 Å². The van der Waals surface area contributed by atoms with Crippen LogP contribution in [-0.4, -0.2) is 102 Å². The molecule has 0 saturated carbocycles. The van der Waals surface area contributed by atoms with Crippen LogP contribution in [0, 0.1) is 17.5 Å². The monoisotopic (exact) mass is 548 g/mol. The minimum atomic E-state index is -4.72. The molecule has 38 heavy (non-hydrogen) atoms. The van der Waals surface area contributed by atoms with Gasteiger partial charge in [-0.3, -0.25) is 9.59 Å². The van der Waals surface area contributed by atoms with E-state index in [1.165, 1.54) is 9.80 Å². The molecule has 2 unspecified atom stereocenters. The predicted octanol–water partition coefficient (Wildman–Crippen LogP) is 1.38. The molecule has 2 saturated heterocycles. The molecule has 3 heterocycles. The largest absolute Gasteiger partial charge is 0.430 e. The second kappa shape index (κ2) is 10.3. The zero-order valence-electron chi connectivity index (χ0n) is 21.0. The summed E-state index contributed by atoms with van der Waals surface area (Å²) in [7, 11) is 1.89. The van der Waals surface area contributed by atoms with Crippen LogP contribution in [0.1, 0.15) is 18.9 Å². The molecular weight excluding hydrogens is 518 g/mol. The summed E-state index contributed by atoms with van der Waals surface area (Å²) in [6.45, 7) is 2.34. The average Bonchev–Trinajstić information content (AvgIpc) is 3.16. The topological polar surface area (TPSA) is 85.1 Å². The number of fused-ring (bicyclic) bond motifs is 1. The van der Waals surface area contributed by atoms with Crippen LogP contribution in [0.5, 0.6) is 0 Å². The molecule has 14 heteroatoms. The first-order valence-corrected chi connectivity index (χ1v) is 12.2. The molecule has 3 aliphatic rings. The maximum absolute atomic E-state index is 14.1. The van der Waals surface area contributed by atoms with Gasteiger partial charge in [-0.05, 0) is 32.0 Å². The van der Waals surface area contributed by atoms with E-state index in [4.69, 9.17) is 5.73 Å². The third kappa shape index (κ3) is 5.28. The van der Waals surface area contributed by atoms with Crippen molar-refractivity contribution in [2.45, 2.75) is 37.6 Å². The van der Waals surface area contributed by atoms with Gasteiger partial charge in [0.25, 0.3) is 5.91 Å². The number of hydrogen-bond acceptors (Lipinski definition) is 6. The molecule has 2 fully saturated rings. The zero-order valence-corrected chi connectivity index (χ0v) is 21.0. The van der Waals surface area contributed by atoms with Gasteiger partial charge in [-0.25, -0.2) is 13.2 Å². The van der Waals surface area contributed by atoms with E-state index in [0.717, 1.165) is 11.8 Å². The normalized spacial score (nSPS) is 23.4. The third-order valence-corrected chi connectivity index (χ3v) is 7.37. The summed E-state index contributed by atoms with van der Waals surface area (Å²) in [5.74, 6) is -4.67. The zero-order chi connectivity index (χ0) is 28.0. The molecule has 1 aromatic carbocycles. The van der Waals surface area contributed by atoms with Crippen molar-refractivity contribution in [3.05, 3.63) is 46.5 Å². The van der Waals surface area contributed by atoms with Crippen LogP contribution in [0.3, 0.4) is 0 Å². The minimum Gasteiger partial charge on any atom is -0.349 e. The predicted molar refractivity (Wildman–Crippen MR) is 125 cm³/mol. The lowest BCUT2D eigenvalue weighted by Gasteiger charge is -2.44. The number of amides is 2. The Kier molecular flexibility index (Phi) is 7.58. The van der Waals surface area contributed by atoms with Gasteiger partial charge in [0.05, 0.1) is 12.2 Å². The first-order chi connectivity index (χ1) is 17.7. The molecule has 3 aliphatic heterocycles. The van der Waals surface area contributed by atoms with E-state index < -0.39 is 47.1 Å². The number of nitrogens with zero attached hydrogens (tertiary/aromatic N) is 4. The Morgan fingerprint density at radius 2 is 1.61 bits per heavy atom. The Hall–Kier alpha value is -3.00. The smallest absolute Gasteiger partial charge is 0.349 e. The summed E-state index contributed by atoms with van der Waals surface area (Å²) < 4.78 is 83.1.